The predicted octanol–water partition coefficient (Wildman–Crippen LogP) is 3.42. The molecule has 2 aromatic carbocycles. The first kappa shape index (κ1) is 16.6. The molecule has 0 saturated heterocycles. The monoisotopic (exact) mass is 310 g/mol. The van der Waals surface area contributed by atoms with E-state index in [0.717, 1.165) is 11.4 Å². The summed E-state index contributed by atoms with van der Waals surface area (Å²) < 4.78 is 0. The van der Waals surface area contributed by atoms with Gasteiger partial charge in [-0.2, -0.15) is 0 Å². The highest BCUT2D eigenvalue weighted by Crippen LogP contribution is 2.24. The van der Waals surface area contributed by atoms with E-state index in [2.05, 4.69) is 0 Å². The van der Waals surface area contributed by atoms with E-state index in [1.165, 1.54) is 6.08 Å². The number of anilines is 2. The maximum absolute atomic E-state index is 12.2. The second-order valence-electron chi connectivity index (χ2n) is 5.78. The number of phenols is 1. The van der Waals surface area contributed by atoms with Crippen molar-refractivity contribution in [1.82, 2.24) is 0 Å². The minimum absolute atomic E-state index is 0.0913. The fraction of sp³-hybridized carbons (Fsp3) is 0.211. The van der Waals surface area contributed by atoms with Gasteiger partial charge in [0.15, 0.2) is 5.78 Å². The van der Waals surface area contributed by atoms with Crippen LogP contribution in [0.25, 0.3) is 6.08 Å². The van der Waals surface area contributed by atoms with Crippen molar-refractivity contribution in [2.24, 2.45) is 0 Å². The summed E-state index contributed by atoms with van der Waals surface area (Å²) in [5.74, 6) is 0.0644. The molecule has 4 nitrogen and oxygen atoms in total. The molecule has 0 bridgehead atoms. The van der Waals surface area contributed by atoms with Crippen LogP contribution in [-0.4, -0.2) is 39.1 Å². The first-order valence-electron chi connectivity index (χ1n) is 7.38. The molecule has 0 aliphatic heterocycles. The van der Waals surface area contributed by atoms with Crippen LogP contribution in [0.1, 0.15) is 15.9 Å². The maximum Gasteiger partial charge on any atom is 0.185 e. The Hall–Kier alpha value is -2.75. The topological polar surface area (TPSA) is 43.8 Å². The van der Waals surface area contributed by atoms with E-state index < -0.39 is 0 Å². The number of hydrogen-bond acceptors (Lipinski definition) is 4. The molecule has 23 heavy (non-hydrogen) atoms. The first-order valence-corrected chi connectivity index (χ1v) is 7.38. The number of phenolic OH excluding ortho intramolecular Hbond substituents is 1. The van der Waals surface area contributed by atoms with Gasteiger partial charge in [-0.1, -0.05) is 0 Å². The summed E-state index contributed by atoms with van der Waals surface area (Å²) in [5.41, 5.74) is 3.19. The first-order chi connectivity index (χ1) is 10.9. The summed E-state index contributed by atoms with van der Waals surface area (Å²) in [6.07, 6.45) is 3.12. The molecule has 0 unspecified atom stereocenters. The van der Waals surface area contributed by atoms with Gasteiger partial charge in [-0.25, -0.2) is 0 Å². The predicted molar refractivity (Wildman–Crippen MR) is 96.6 cm³/mol. The summed E-state index contributed by atoms with van der Waals surface area (Å²) in [4.78, 5) is 16.1. The Morgan fingerprint density at radius 1 is 0.913 bits per heavy atom. The number of carbonyl (C=O) groups excluding carboxylic acids is 1. The van der Waals surface area contributed by atoms with Crippen LogP contribution < -0.4 is 9.80 Å². The Bertz CT molecular complexity index is 717. The molecule has 0 heterocycles. The fourth-order valence-electron chi connectivity index (χ4n) is 2.14. The van der Waals surface area contributed by atoms with Crippen molar-refractivity contribution in [3.8, 4) is 5.75 Å². The van der Waals surface area contributed by atoms with E-state index in [1.54, 1.807) is 30.3 Å². The summed E-state index contributed by atoms with van der Waals surface area (Å²) >= 11 is 0. The van der Waals surface area contributed by atoms with E-state index in [-0.39, 0.29) is 11.5 Å². The number of ketones is 1. The number of aromatic hydroxyl groups is 1. The van der Waals surface area contributed by atoms with Gasteiger partial charge in [0.1, 0.15) is 5.75 Å². The highest BCUT2D eigenvalue weighted by Gasteiger charge is 2.05. The van der Waals surface area contributed by atoms with Gasteiger partial charge in [0, 0.05) is 56.8 Å². The summed E-state index contributed by atoms with van der Waals surface area (Å²) in [6.45, 7) is 0. The normalized spacial score (nSPS) is 10.8. The van der Waals surface area contributed by atoms with Gasteiger partial charge < -0.3 is 14.9 Å². The SMILES string of the molecule is CN(C)c1ccc(C(=O)/C=C\c2ccc(N(C)C)cc2O)cc1. The quantitative estimate of drug-likeness (QED) is 0.679. The van der Waals surface area contributed by atoms with Gasteiger partial charge in [-0.05, 0) is 48.6 Å². The van der Waals surface area contributed by atoms with Crippen LogP contribution in [0.2, 0.25) is 0 Å². The van der Waals surface area contributed by atoms with Gasteiger partial charge in [-0.15, -0.1) is 0 Å². The molecule has 1 N–H and O–H groups in total. The molecule has 0 fully saturated rings. The van der Waals surface area contributed by atoms with E-state index in [4.69, 9.17) is 0 Å². The van der Waals surface area contributed by atoms with Crippen LogP contribution in [0.15, 0.2) is 48.5 Å². The van der Waals surface area contributed by atoms with Crippen molar-refractivity contribution < 1.29 is 9.90 Å². The number of benzene rings is 2. The van der Waals surface area contributed by atoms with Crippen molar-refractivity contribution in [1.29, 1.82) is 0 Å². The number of nitrogens with zero attached hydrogens (tertiary/aromatic N) is 2. The molecule has 0 aliphatic rings. The lowest BCUT2D eigenvalue weighted by Crippen LogP contribution is -2.08. The maximum atomic E-state index is 12.2. The Labute approximate surface area is 137 Å². The highest BCUT2D eigenvalue weighted by atomic mass is 16.3. The average Bonchev–Trinajstić information content (AvgIpc) is 2.53. The van der Waals surface area contributed by atoms with Gasteiger partial charge in [-0.3, -0.25) is 4.79 Å². The zero-order valence-electron chi connectivity index (χ0n) is 13.9. The highest BCUT2D eigenvalue weighted by molar-refractivity contribution is 6.07. The van der Waals surface area contributed by atoms with Crippen molar-refractivity contribution in [3.05, 3.63) is 59.7 Å². The molecule has 2 rings (SSSR count). The van der Waals surface area contributed by atoms with Gasteiger partial charge in [0.05, 0.1) is 0 Å². The van der Waals surface area contributed by atoms with E-state index in [9.17, 15) is 9.90 Å². The molecule has 0 amide bonds. The van der Waals surface area contributed by atoms with E-state index in [1.807, 2.05) is 56.2 Å². The van der Waals surface area contributed by atoms with Crippen molar-refractivity contribution >= 4 is 23.2 Å². The zero-order chi connectivity index (χ0) is 17.0. The number of allylic oxidation sites excluding steroid dienone is 1. The molecule has 0 atom stereocenters. The smallest absolute Gasteiger partial charge is 0.185 e. The third-order valence-electron chi connectivity index (χ3n) is 3.61. The number of carbonyl (C=O) groups is 1. The van der Waals surface area contributed by atoms with Crippen LogP contribution >= 0.6 is 0 Å². The summed E-state index contributed by atoms with van der Waals surface area (Å²) in [6, 6.07) is 12.8. The molecule has 0 aliphatic carbocycles. The second-order valence-corrected chi connectivity index (χ2v) is 5.78. The Balaban J connectivity index is 2.14. The molecule has 2 aromatic rings. The molecular formula is C19H22N2O2. The second kappa shape index (κ2) is 7.01. The third kappa shape index (κ3) is 4.13. The van der Waals surface area contributed by atoms with Crippen LogP contribution in [0.4, 0.5) is 11.4 Å². The molecule has 120 valence electrons. The Morgan fingerprint density at radius 3 is 2.00 bits per heavy atom. The molecule has 0 spiro atoms. The molecule has 0 radical (unpaired) electrons. The van der Waals surface area contributed by atoms with Gasteiger partial charge >= 0.3 is 0 Å². The van der Waals surface area contributed by atoms with E-state index in [0.29, 0.717) is 11.1 Å². The lowest BCUT2D eigenvalue weighted by Gasteiger charge is -2.13. The minimum Gasteiger partial charge on any atom is -0.507 e. The molecule has 0 aromatic heterocycles. The van der Waals surface area contributed by atoms with Crippen molar-refractivity contribution in [2.75, 3.05) is 38.0 Å². The average molecular weight is 310 g/mol. The minimum atomic E-state index is -0.0913. The third-order valence-corrected chi connectivity index (χ3v) is 3.61. The van der Waals surface area contributed by atoms with Crippen molar-refractivity contribution in [2.45, 2.75) is 0 Å². The lowest BCUT2D eigenvalue weighted by molar-refractivity contribution is 0.104. The fourth-order valence-corrected chi connectivity index (χ4v) is 2.14. The molecule has 0 saturated carbocycles. The van der Waals surface area contributed by atoms with E-state index >= 15 is 0 Å². The lowest BCUT2D eigenvalue weighted by atomic mass is 10.1. The van der Waals surface area contributed by atoms with Crippen LogP contribution in [0, 0.1) is 0 Å². The molecule has 4 heteroatoms. The molecular weight excluding hydrogens is 288 g/mol. The van der Waals surface area contributed by atoms with Crippen LogP contribution in [0.5, 0.6) is 5.75 Å². The van der Waals surface area contributed by atoms with Gasteiger partial charge in [0.25, 0.3) is 0 Å². The number of rotatable bonds is 5. The number of hydrogen-bond donors (Lipinski definition) is 1. The summed E-state index contributed by atoms with van der Waals surface area (Å²) in [5, 5.41) is 10.0. The zero-order valence-corrected chi connectivity index (χ0v) is 13.9. The largest absolute Gasteiger partial charge is 0.507 e. The van der Waals surface area contributed by atoms with Gasteiger partial charge in [0.2, 0.25) is 0 Å². The van der Waals surface area contributed by atoms with Crippen LogP contribution in [-0.2, 0) is 0 Å². The summed E-state index contributed by atoms with van der Waals surface area (Å²) in [7, 11) is 7.73. The van der Waals surface area contributed by atoms with Crippen molar-refractivity contribution in [3.63, 3.8) is 0 Å². The standard InChI is InChI=1S/C19H22N2O2/c1-20(2)16-9-5-14(6-10-16)18(22)12-8-15-7-11-17(21(3)4)13-19(15)23/h5-13,23H,1-4H3/b12-8-. The Morgan fingerprint density at radius 2 is 1.48 bits per heavy atom. The Kier molecular flexibility index (Phi) is 5.06. The van der Waals surface area contributed by atoms with Crippen LogP contribution in [0.3, 0.4) is 0 Å².